The number of thioether (sulfide) groups is 1. The molecule has 0 spiro atoms. The van der Waals surface area contributed by atoms with E-state index in [2.05, 4.69) is 5.87 Å². The number of piperidine rings is 1. The molecule has 1 saturated heterocycles. The molecule has 1 amide bonds. The van der Waals surface area contributed by atoms with E-state index in [0.717, 1.165) is 19.3 Å². The lowest BCUT2D eigenvalue weighted by Crippen LogP contribution is -2.37. The Morgan fingerprint density at radius 1 is 1.10 bits per heavy atom. The second kappa shape index (κ2) is 9.28. The number of benzene rings is 2. The van der Waals surface area contributed by atoms with E-state index in [9.17, 15) is 17.8 Å². The number of carbonyl (C=O) groups is 1. The van der Waals surface area contributed by atoms with Crippen LogP contribution in [0.2, 0.25) is 0 Å². The minimum absolute atomic E-state index is 0.316. The molecule has 0 radical (unpaired) electrons. The number of hydrogen-bond donors (Lipinski definition) is 0. The molecule has 29 heavy (non-hydrogen) atoms. The smallest absolute Gasteiger partial charge is 0.288 e. The zero-order valence-electron chi connectivity index (χ0n) is 16.2. The molecule has 1 atom stereocenters. The number of hydrogen-bond acceptors (Lipinski definition) is 3. The summed E-state index contributed by atoms with van der Waals surface area (Å²) in [6, 6.07) is 13.2. The maximum Gasteiger partial charge on any atom is 0.288 e. The van der Waals surface area contributed by atoms with Crippen molar-refractivity contribution in [3.05, 3.63) is 54.1 Å². The van der Waals surface area contributed by atoms with Gasteiger partial charge in [0.05, 0.1) is 20.2 Å². The molecule has 0 aromatic heterocycles. The Morgan fingerprint density at radius 3 is 2.34 bits per heavy atom. The zero-order chi connectivity index (χ0) is 21.0. The molecule has 156 valence electrons. The van der Waals surface area contributed by atoms with E-state index in [4.69, 9.17) is 0 Å². The van der Waals surface area contributed by atoms with Crippen LogP contribution in [0.5, 0.6) is 0 Å². The van der Waals surface area contributed by atoms with Crippen molar-refractivity contribution in [3.8, 4) is 0 Å². The van der Waals surface area contributed by atoms with Crippen LogP contribution in [0.4, 0.5) is 14.5 Å². The Hall–Kier alpha value is -1.90. The highest BCUT2D eigenvalue weighted by atomic mass is 32.2. The van der Waals surface area contributed by atoms with Crippen molar-refractivity contribution in [2.45, 2.75) is 34.8 Å². The predicted molar refractivity (Wildman–Crippen MR) is 116 cm³/mol. The van der Waals surface area contributed by atoms with Crippen molar-refractivity contribution in [2.75, 3.05) is 25.0 Å². The highest BCUT2D eigenvalue weighted by Gasteiger charge is 2.26. The third-order valence-corrected chi connectivity index (χ3v) is 7.91. The lowest BCUT2D eigenvalue weighted by molar-refractivity contribution is 0.0990. The third kappa shape index (κ3) is 4.99. The lowest BCUT2D eigenvalue weighted by Gasteiger charge is -2.31. The Morgan fingerprint density at radius 2 is 1.72 bits per heavy atom. The van der Waals surface area contributed by atoms with E-state index in [-0.39, 0.29) is 5.91 Å². The Kier molecular flexibility index (Phi) is 6.97. The average Bonchev–Trinajstić information content (AvgIpc) is 2.73. The normalized spacial score (nSPS) is 17.1. The van der Waals surface area contributed by atoms with Gasteiger partial charge in [-0.1, -0.05) is 30.3 Å². The average molecular weight is 439 g/mol. The summed E-state index contributed by atoms with van der Waals surface area (Å²) >= 11 is 0.457. The van der Waals surface area contributed by atoms with Crippen LogP contribution in [0.25, 0.3) is 0 Å². The van der Waals surface area contributed by atoms with Crippen LogP contribution in [0.15, 0.2) is 58.3 Å². The number of alkyl halides is 2. The van der Waals surface area contributed by atoms with Gasteiger partial charge in [-0.05, 0) is 55.1 Å². The lowest BCUT2D eigenvalue weighted by atomic mass is 10.2. The molecule has 8 heteroatoms. The summed E-state index contributed by atoms with van der Waals surface area (Å²) in [4.78, 5) is 15.5. The van der Waals surface area contributed by atoms with Crippen molar-refractivity contribution < 1.29 is 17.8 Å². The van der Waals surface area contributed by atoms with Gasteiger partial charge in [-0.25, -0.2) is 8.51 Å². The van der Waals surface area contributed by atoms with Crippen LogP contribution >= 0.6 is 11.8 Å². The van der Waals surface area contributed by atoms with E-state index in [1.54, 1.807) is 55.6 Å². The molecule has 3 rings (SSSR count). The van der Waals surface area contributed by atoms with Gasteiger partial charge >= 0.3 is 0 Å². The Bertz CT molecular complexity index is 957. The van der Waals surface area contributed by atoms with E-state index < -0.39 is 15.5 Å². The van der Waals surface area contributed by atoms with E-state index >= 15 is 0 Å². The summed E-state index contributed by atoms with van der Waals surface area (Å²) in [6.45, 7) is 1.40. The number of anilines is 1. The quantitative estimate of drug-likeness (QED) is 0.483. The monoisotopic (exact) mass is 438 g/mol. The summed E-state index contributed by atoms with van der Waals surface area (Å²) < 4.78 is 40.4. The van der Waals surface area contributed by atoms with Gasteiger partial charge in [0.2, 0.25) is 0 Å². The fraction of sp³-hybridized carbons (Fsp3) is 0.333. The van der Waals surface area contributed by atoms with Crippen LogP contribution in [0, 0.1) is 0 Å². The molecule has 4 nitrogen and oxygen atoms in total. The highest BCUT2D eigenvalue weighted by Crippen LogP contribution is 2.29. The first kappa shape index (κ1) is 21.8. The predicted octanol–water partition coefficient (Wildman–Crippen LogP) is 4.75. The minimum Gasteiger partial charge on any atom is -0.311 e. The molecule has 1 unspecified atom stereocenters. The number of carbonyl (C=O) groups excluding carboxylic acids is 1. The van der Waals surface area contributed by atoms with Crippen molar-refractivity contribution in [1.82, 2.24) is 4.31 Å². The first-order valence-corrected chi connectivity index (χ1v) is 11.9. The minimum atomic E-state index is -2.77. The van der Waals surface area contributed by atoms with E-state index in [1.165, 1.54) is 4.90 Å². The molecule has 1 heterocycles. The first-order valence-electron chi connectivity index (χ1n) is 9.35. The Balaban J connectivity index is 1.88. The van der Waals surface area contributed by atoms with Gasteiger partial charge in [-0.15, -0.1) is 0 Å². The van der Waals surface area contributed by atoms with Crippen molar-refractivity contribution in [1.29, 1.82) is 0 Å². The van der Waals surface area contributed by atoms with Crippen molar-refractivity contribution in [2.24, 2.45) is 0 Å². The van der Waals surface area contributed by atoms with Gasteiger partial charge in [-0.3, -0.25) is 4.79 Å². The summed E-state index contributed by atoms with van der Waals surface area (Å²) in [5, 5.41) is 0. The molecular weight excluding hydrogens is 414 g/mol. The molecule has 0 saturated carbocycles. The fourth-order valence-electron chi connectivity index (χ4n) is 3.37. The molecule has 0 aliphatic carbocycles. The molecule has 0 N–H and O–H groups in total. The molecule has 1 aliphatic rings. The number of halogens is 2. The number of amides is 1. The van der Waals surface area contributed by atoms with E-state index in [1.807, 2.05) is 4.31 Å². The highest BCUT2D eigenvalue weighted by molar-refractivity contribution is 7.99. The topological polar surface area (TPSA) is 40.6 Å². The number of nitrogens with zero attached hydrogens (tertiary/aromatic N) is 2. The molecule has 0 bridgehead atoms. The molecule has 2 aromatic carbocycles. The van der Waals surface area contributed by atoms with E-state index in [0.29, 0.717) is 45.9 Å². The largest absolute Gasteiger partial charge is 0.311 e. The maximum atomic E-state index is 13.5. The van der Waals surface area contributed by atoms with Crippen LogP contribution < -0.4 is 4.90 Å². The van der Waals surface area contributed by atoms with Crippen LogP contribution in [-0.4, -0.2) is 46.2 Å². The van der Waals surface area contributed by atoms with Gasteiger partial charge < -0.3 is 4.90 Å². The molecule has 1 fully saturated rings. The second-order valence-corrected chi connectivity index (χ2v) is 10.2. The van der Waals surface area contributed by atoms with Gasteiger partial charge in [0, 0.05) is 30.7 Å². The van der Waals surface area contributed by atoms with Crippen molar-refractivity contribution in [3.63, 3.8) is 0 Å². The first-order chi connectivity index (χ1) is 13.8. The SMILES string of the molecule is C=S(=O)(c1ccccc1C(=O)N(C)c1ccc(SC(F)F)cc1)N1CCCCC1. The molecular formula is C21H24F2N2O2S2. The standard InChI is InChI=1S/C21H24F2N2O2S2/c1-24(16-10-12-17(13-11-16)28-21(22)23)20(26)18-8-4-5-9-19(18)29(2,27)25-14-6-3-7-15-25/h4-5,8-13,21H,2-3,6-7,14-15H2,1H3. The maximum absolute atomic E-state index is 13.5. The van der Waals surface area contributed by atoms with Crippen LogP contribution in [-0.2, 0) is 9.71 Å². The summed E-state index contributed by atoms with van der Waals surface area (Å²) in [7, 11) is -1.16. The molecule has 1 aliphatic heterocycles. The Labute approximate surface area is 175 Å². The van der Waals surface area contributed by atoms with Crippen molar-refractivity contribution >= 4 is 38.9 Å². The van der Waals surface area contributed by atoms with Crippen LogP contribution in [0.3, 0.4) is 0 Å². The van der Waals surface area contributed by atoms with Gasteiger partial charge in [-0.2, -0.15) is 8.78 Å². The molecule has 2 aromatic rings. The zero-order valence-corrected chi connectivity index (χ0v) is 17.9. The van der Waals surface area contributed by atoms with Gasteiger partial charge in [0.1, 0.15) is 0 Å². The van der Waals surface area contributed by atoms with Crippen LogP contribution in [0.1, 0.15) is 29.6 Å². The fourth-order valence-corrected chi connectivity index (χ4v) is 5.78. The van der Waals surface area contributed by atoms with Gasteiger partial charge in [0.25, 0.3) is 11.7 Å². The summed E-state index contributed by atoms with van der Waals surface area (Å²) in [5.74, 6) is 1.18. The van der Waals surface area contributed by atoms with Gasteiger partial charge in [0.15, 0.2) is 0 Å². The summed E-state index contributed by atoms with van der Waals surface area (Å²) in [6.07, 6.45) is 3.03. The third-order valence-electron chi connectivity index (χ3n) is 4.95. The number of rotatable bonds is 6. The second-order valence-electron chi connectivity index (χ2n) is 6.86. The summed E-state index contributed by atoms with van der Waals surface area (Å²) in [5.41, 5.74) is 0.906.